The summed E-state index contributed by atoms with van der Waals surface area (Å²) in [6.07, 6.45) is 57.6. The first-order chi connectivity index (χ1) is 23.3. The normalized spacial score (nSPS) is 11.6. The van der Waals surface area contributed by atoms with Crippen molar-refractivity contribution in [3.63, 3.8) is 0 Å². The number of hydrogen-bond donors (Lipinski definition) is 0. The third-order valence-corrected chi connectivity index (χ3v) is 10.2. The minimum atomic E-state index is 0.0177. The summed E-state index contributed by atoms with van der Waals surface area (Å²) in [6.45, 7) is 5.18. The van der Waals surface area contributed by atoms with Crippen LogP contribution in [0.4, 0.5) is 0 Å². The minimum Gasteiger partial charge on any atom is -0.466 e. The SMILES string of the molecule is CCCC/C=C\CCCCCCCC(=O)OCCCCCCCCCCCCCCCCCCCCCCCCCCCCCCC. The fraction of sp³-hybridized carbons (Fsp3) is 0.933. The Morgan fingerprint density at radius 2 is 0.617 bits per heavy atom. The first kappa shape index (κ1) is 46.2. The zero-order chi connectivity index (χ0) is 34.0. The molecule has 0 aliphatic heterocycles. The predicted octanol–water partition coefficient (Wildman–Crippen LogP) is 16.3. The van der Waals surface area contributed by atoms with Crippen LogP contribution in [-0.2, 0) is 9.53 Å². The first-order valence-corrected chi connectivity index (χ1v) is 22.1. The summed E-state index contributed by atoms with van der Waals surface area (Å²) in [5.74, 6) is 0.0177. The van der Waals surface area contributed by atoms with Gasteiger partial charge in [-0.15, -0.1) is 0 Å². The van der Waals surface area contributed by atoms with Crippen molar-refractivity contribution in [2.75, 3.05) is 6.61 Å². The van der Waals surface area contributed by atoms with Crippen LogP contribution in [0.25, 0.3) is 0 Å². The number of carbonyl (C=O) groups is 1. The molecule has 0 aromatic heterocycles. The molecule has 47 heavy (non-hydrogen) atoms. The van der Waals surface area contributed by atoms with Crippen molar-refractivity contribution in [1.29, 1.82) is 0 Å². The fourth-order valence-electron chi connectivity index (χ4n) is 6.83. The molecule has 2 nitrogen and oxygen atoms in total. The largest absolute Gasteiger partial charge is 0.466 e. The minimum absolute atomic E-state index is 0.0177. The van der Waals surface area contributed by atoms with Crippen molar-refractivity contribution in [3.05, 3.63) is 12.2 Å². The van der Waals surface area contributed by atoms with Crippen LogP contribution < -0.4 is 0 Å². The predicted molar refractivity (Wildman–Crippen MR) is 212 cm³/mol. The van der Waals surface area contributed by atoms with Crippen LogP contribution in [-0.4, -0.2) is 12.6 Å². The molecule has 2 heteroatoms. The van der Waals surface area contributed by atoms with E-state index in [9.17, 15) is 4.79 Å². The van der Waals surface area contributed by atoms with Crippen molar-refractivity contribution < 1.29 is 9.53 Å². The number of allylic oxidation sites excluding steroid dienone is 2. The second-order valence-corrected chi connectivity index (χ2v) is 15.0. The maximum Gasteiger partial charge on any atom is 0.305 e. The van der Waals surface area contributed by atoms with Gasteiger partial charge < -0.3 is 4.74 Å². The Bertz CT molecular complexity index is 597. The van der Waals surface area contributed by atoms with Crippen molar-refractivity contribution in [2.24, 2.45) is 0 Å². The summed E-state index contributed by atoms with van der Waals surface area (Å²) < 4.78 is 5.45. The van der Waals surface area contributed by atoms with Gasteiger partial charge in [0.1, 0.15) is 0 Å². The van der Waals surface area contributed by atoms with E-state index in [4.69, 9.17) is 4.74 Å². The van der Waals surface area contributed by atoms with Gasteiger partial charge in [-0.05, 0) is 32.1 Å². The zero-order valence-electron chi connectivity index (χ0n) is 32.8. The molecule has 0 aliphatic carbocycles. The van der Waals surface area contributed by atoms with E-state index < -0.39 is 0 Å². The van der Waals surface area contributed by atoms with Crippen molar-refractivity contribution >= 4 is 5.97 Å². The Hall–Kier alpha value is -0.790. The molecule has 0 atom stereocenters. The summed E-state index contributed by atoms with van der Waals surface area (Å²) in [5.41, 5.74) is 0. The zero-order valence-corrected chi connectivity index (χ0v) is 32.8. The Kier molecular flexibility index (Phi) is 42.5. The molecule has 0 amide bonds. The highest BCUT2D eigenvalue weighted by atomic mass is 16.5. The lowest BCUT2D eigenvalue weighted by Crippen LogP contribution is -2.05. The molecule has 0 rings (SSSR count). The molecule has 280 valence electrons. The van der Waals surface area contributed by atoms with Crippen LogP contribution in [0.5, 0.6) is 0 Å². The van der Waals surface area contributed by atoms with Crippen molar-refractivity contribution in [2.45, 2.75) is 264 Å². The number of carbonyl (C=O) groups excluding carboxylic acids is 1. The van der Waals surface area contributed by atoms with Gasteiger partial charge in [0.25, 0.3) is 0 Å². The average molecular weight is 661 g/mol. The smallest absolute Gasteiger partial charge is 0.305 e. The molecule has 0 unspecified atom stereocenters. The van der Waals surface area contributed by atoms with Gasteiger partial charge in [-0.1, -0.05) is 238 Å². The molecule has 0 N–H and O–H groups in total. The average Bonchev–Trinajstić information content (AvgIpc) is 3.08. The van der Waals surface area contributed by atoms with Gasteiger partial charge in [-0.3, -0.25) is 4.79 Å². The molecule has 0 aromatic carbocycles. The molecule has 0 spiro atoms. The van der Waals surface area contributed by atoms with Gasteiger partial charge in [0.15, 0.2) is 0 Å². The summed E-state index contributed by atoms with van der Waals surface area (Å²) >= 11 is 0. The topological polar surface area (TPSA) is 26.3 Å². The van der Waals surface area contributed by atoms with Crippen LogP contribution >= 0.6 is 0 Å². The molecule has 0 heterocycles. The van der Waals surface area contributed by atoms with Gasteiger partial charge in [-0.25, -0.2) is 0 Å². The fourth-order valence-corrected chi connectivity index (χ4v) is 6.83. The van der Waals surface area contributed by atoms with Crippen LogP contribution in [0.3, 0.4) is 0 Å². The first-order valence-electron chi connectivity index (χ1n) is 22.1. The standard InChI is InChI=1S/C45H88O2/c1-3-5-7-9-11-13-15-16-17-18-19-20-21-22-23-24-25-26-27-28-29-30-31-32-34-36-38-40-42-44-47-45(46)43-41-39-37-35-33-14-12-10-8-6-4-2/h10,12H,3-9,11,13-44H2,1-2H3/b12-10-. The summed E-state index contributed by atoms with van der Waals surface area (Å²) in [5, 5.41) is 0. The third kappa shape index (κ3) is 43.2. The maximum atomic E-state index is 11.9. The van der Waals surface area contributed by atoms with E-state index in [0.29, 0.717) is 13.0 Å². The number of hydrogen-bond acceptors (Lipinski definition) is 2. The maximum absolute atomic E-state index is 11.9. The number of rotatable bonds is 41. The van der Waals surface area contributed by atoms with E-state index in [0.717, 1.165) is 19.3 Å². The lowest BCUT2D eigenvalue weighted by molar-refractivity contribution is -0.143. The van der Waals surface area contributed by atoms with Gasteiger partial charge in [0.2, 0.25) is 0 Å². The highest BCUT2D eigenvalue weighted by molar-refractivity contribution is 5.69. The van der Waals surface area contributed by atoms with Gasteiger partial charge >= 0.3 is 5.97 Å². The van der Waals surface area contributed by atoms with Crippen LogP contribution in [0.2, 0.25) is 0 Å². The highest BCUT2D eigenvalue weighted by Crippen LogP contribution is 2.17. The number of ether oxygens (including phenoxy) is 1. The second-order valence-electron chi connectivity index (χ2n) is 15.0. The summed E-state index contributed by atoms with van der Waals surface area (Å²) in [7, 11) is 0. The van der Waals surface area contributed by atoms with E-state index >= 15 is 0 Å². The Balaban J connectivity index is 3.13. The molecule has 0 aromatic rings. The van der Waals surface area contributed by atoms with Gasteiger partial charge in [0.05, 0.1) is 6.61 Å². The molecular formula is C45H88O2. The molecular weight excluding hydrogens is 572 g/mol. The Morgan fingerprint density at radius 3 is 0.979 bits per heavy atom. The van der Waals surface area contributed by atoms with E-state index in [2.05, 4.69) is 26.0 Å². The van der Waals surface area contributed by atoms with Crippen LogP contribution in [0.15, 0.2) is 12.2 Å². The number of unbranched alkanes of at least 4 members (excludes halogenated alkanes) is 35. The molecule has 0 saturated heterocycles. The van der Waals surface area contributed by atoms with E-state index in [-0.39, 0.29) is 5.97 Å². The van der Waals surface area contributed by atoms with E-state index in [1.165, 1.54) is 225 Å². The summed E-state index contributed by atoms with van der Waals surface area (Å²) in [4.78, 5) is 11.9. The van der Waals surface area contributed by atoms with Gasteiger partial charge in [0, 0.05) is 6.42 Å². The van der Waals surface area contributed by atoms with Crippen LogP contribution in [0, 0.1) is 0 Å². The Morgan fingerprint density at radius 1 is 0.340 bits per heavy atom. The van der Waals surface area contributed by atoms with Gasteiger partial charge in [-0.2, -0.15) is 0 Å². The van der Waals surface area contributed by atoms with E-state index in [1.54, 1.807) is 0 Å². The molecule has 0 aliphatic rings. The van der Waals surface area contributed by atoms with E-state index in [1.807, 2.05) is 0 Å². The molecule has 0 saturated carbocycles. The Labute approximate surface area is 297 Å². The molecule has 0 radical (unpaired) electrons. The molecule has 0 bridgehead atoms. The van der Waals surface area contributed by atoms with Crippen LogP contribution in [0.1, 0.15) is 264 Å². The number of esters is 1. The summed E-state index contributed by atoms with van der Waals surface area (Å²) in [6, 6.07) is 0. The lowest BCUT2D eigenvalue weighted by Gasteiger charge is -2.06. The van der Waals surface area contributed by atoms with Crippen molar-refractivity contribution in [1.82, 2.24) is 0 Å². The monoisotopic (exact) mass is 661 g/mol. The quantitative estimate of drug-likeness (QED) is 0.0370. The lowest BCUT2D eigenvalue weighted by atomic mass is 10.0. The van der Waals surface area contributed by atoms with Crippen molar-refractivity contribution in [3.8, 4) is 0 Å². The third-order valence-electron chi connectivity index (χ3n) is 10.2. The highest BCUT2D eigenvalue weighted by Gasteiger charge is 2.03. The second kappa shape index (κ2) is 43.2. The molecule has 0 fully saturated rings.